The van der Waals surface area contributed by atoms with Gasteiger partial charge in [0.1, 0.15) is 0 Å². The van der Waals surface area contributed by atoms with E-state index in [1.165, 1.54) is 18.4 Å². The van der Waals surface area contributed by atoms with Crippen LogP contribution in [0.3, 0.4) is 0 Å². The lowest BCUT2D eigenvalue weighted by Crippen LogP contribution is -2.42. The highest BCUT2D eigenvalue weighted by atomic mass is 35.5. The molecule has 0 aromatic heterocycles. The molecule has 1 aliphatic carbocycles. The molecule has 20 heavy (non-hydrogen) atoms. The number of carbonyl (C=O) groups is 1. The summed E-state index contributed by atoms with van der Waals surface area (Å²) in [5.41, 5.74) is 6.82. The third kappa shape index (κ3) is 3.33. The van der Waals surface area contributed by atoms with Crippen molar-refractivity contribution in [3.8, 4) is 0 Å². The Balaban J connectivity index is 2.12. The van der Waals surface area contributed by atoms with E-state index in [-0.39, 0.29) is 17.2 Å². The number of rotatable bonds is 5. The average molecular weight is 295 g/mol. The number of carbonyl (C=O) groups excluding carboxylic acids is 1. The molecule has 0 aliphatic heterocycles. The summed E-state index contributed by atoms with van der Waals surface area (Å²) in [5.74, 6) is -0.0892. The molecule has 3 nitrogen and oxygen atoms in total. The molecular formula is C16H23ClN2O. The van der Waals surface area contributed by atoms with Gasteiger partial charge in [0.2, 0.25) is 5.91 Å². The molecular weight excluding hydrogens is 272 g/mol. The molecule has 2 rings (SSSR count). The van der Waals surface area contributed by atoms with Crippen LogP contribution in [-0.2, 0) is 10.2 Å². The van der Waals surface area contributed by atoms with Crippen molar-refractivity contribution in [2.24, 2.45) is 11.7 Å². The van der Waals surface area contributed by atoms with Crippen molar-refractivity contribution < 1.29 is 4.79 Å². The van der Waals surface area contributed by atoms with Crippen molar-refractivity contribution in [3.05, 3.63) is 34.9 Å². The summed E-state index contributed by atoms with van der Waals surface area (Å²) in [7, 11) is 0. The zero-order chi connectivity index (χ0) is 14.6. The molecule has 1 aromatic carbocycles. The van der Waals surface area contributed by atoms with E-state index < -0.39 is 0 Å². The van der Waals surface area contributed by atoms with Crippen LogP contribution in [0.4, 0.5) is 0 Å². The van der Waals surface area contributed by atoms with Gasteiger partial charge >= 0.3 is 0 Å². The quantitative estimate of drug-likeness (QED) is 0.877. The number of nitrogens with one attached hydrogen (secondary N) is 1. The predicted molar refractivity (Wildman–Crippen MR) is 82.8 cm³/mol. The molecule has 0 radical (unpaired) electrons. The maximum absolute atomic E-state index is 12.0. The van der Waals surface area contributed by atoms with Crippen molar-refractivity contribution in [2.75, 3.05) is 13.1 Å². The van der Waals surface area contributed by atoms with Gasteiger partial charge in [-0.1, -0.05) is 43.5 Å². The molecule has 0 spiro atoms. The van der Waals surface area contributed by atoms with Gasteiger partial charge in [0.05, 0.1) is 0 Å². The fourth-order valence-electron chi connectivity index (χ4n) is 2.98. The Labute approximate surface area is 125 Å². The lowest BCUT2D eigenvalue weighted by Gasteiger charge is -2.30. The van der Waals surface area contributed by atoms with E-state index in [0.29, 0.717) is 13.1 Å². The first-order chi connectivity index (χ1) is 9.57. The highest BCUT2D eigenvalue weighted by Gasteiger charge is 2.36. The second kappa shape index (κ2) is 6.59. The minimum Gasteiger partial charge on any atom is -0.355 e. The van der Waals surface area contributed by atoms with Gasteiger partial charge in [0.25, 0.3) is 0 Å². The first kappa shape index (κ1) is 15.3. The molecule has 1 aromatic rings. The van der Waals surface area contributed by atoms with Crippen LogP contribution in [-0.4, -0.2) is 19.0 Å². The minimum atomic E-state index is -0.132. The van der Waals surface area contributed by atoms with Crippen LogP contribution in [0.15, 0.2) is 24.3 Å². The highest BCUT2D eigenvalue weighted by Crippen LogP contribution is 2.41. The Bertz CT molecular complexity index is 469. The van der Waals surface area contributed by atoms with Crippen LogP contribution < -0.4 is 11.1 Å². The monoisotopic (exact) mass is 294 g/mol. The Hall–Kier alpha value is -1.06. The summed E-state index contributed by atoms with van der Waals surface area (Å²) in [6.07, 6.45) is 4.61. The summed E-state index contributed by atoms with van der Waals surface area (Å²) in [5, 5.41) is 3.83. The third-order valence-electron chi connectivity index (χ3n) is 4.40. The van der Waals surface area contributed by atoms with Crippen molar-refractivity contribution in [1.29, 1.82) is 0 Å². The van der Waals surface area contributed by atoms with E-state index in [4.69, 9.17) is 17.3 Å². The fourth-order valence-corrected chi connectivity index (χ4v) is 3.17. The van der Waals surface area contributed by atoms with E-state index in [9.17, 15) is 4.79 Å². The summed E-state index contributed by atoms with van der Waals surface area (Å²) < 4.78 is 0. The molecule has 0 heterocycles. The van der Waals surface area contributed by atoms with Crippen molar-refractivity contribution in [1.82, 2.24) is 5.32 Å². The molecule has 4 heteroatoms. The van der Waals surface area contributed by atoms with Crippen LogP contribution in [0, 0.1) is 5.92 Å². The van der Waals surface area contributed by atoms with Gasteiger partial charge in [-0.15, -0.1) is 0 Å². The minimum absolute atomic E-state index is 0.0366. The van der Waals surface area contributed by atoms with Crippen molar-refractivity contribution in [2.45, 2.75) is 38.0 Å². The lowest BCUT2D eigenvalue weighted by molar-refractivity contribution is -0.124. The van der Waals surface area contributed by atoms with E-state index in [2.05, 4.69) is 11.4 Å². The van der Waals surface area contributed by atoms with E-state index in [1.54, 1.807) is 0 Å². The molecule has 0 saturated heterocycles. The van der Waals surface area contributed by atoms with Gasteiger partial charge in [-0.2, -0.15) is 0 Å². The Morgan fingerprint density at radius 3 is 2.75 bits per heavy atom. The molecule has 110 valence electrons. The smallest absolute Gasteiger partial charge is 0.224 e. The average Bonchev–Trinajstić information content (AvgIpc) is 2.94. The van der Waals surface area contributed by atoms with Crippen LogP contribution in [0.5, 0.6) is 0 Å². The second-order valence-electron chi connectivity index (χ2n) is 5.85. The SMILES string of the molecule is CC(CN)C(=O)NCC1(c2cccc(Cl)c2)CCCC1. The van der Waals surface area contributed by atoms with E-state index in [1.807, 2.05) is 25.1 Å². The summed E-state index contributed by atoms with van der Waals surface area (Å²) in [6, 6.07) is 8.03. The first-order valence-electron chi connectivity index (χ1n) is 7.31. The molecule has 1 aliphatic rings. The van der Waals surface area contributed by atoms with Crippen molar-refractivity contribution in [3.63, 3.8) is 0 Å². The highest BCUT2D eigenvalue weighted by molar-refractivity contribution is 6.30. The molecule has 0 bridgehead atoms. The van der Waals surface area contributed by atoms with Crippen LogP contribution >= 0.6 is 11.6 Å². The maximum Gasteiger partial charge on any atom is 0.224 e. The first-order valence-corrected chi connectivity index (χ1v) is 7.69. The van der Waals surface area contributed by atoms with Gasteiger partial charge in [-0.05, 0) is 30.5 Å². The molecule has 1 amide bonds. The Morgan fingerprint density at radius 2 is 2.15 bits per heavy atom. The van der Waals surface area contributed by atoms with Gasteiger partial charge in [-0.25, -0.2) is 0 Å². The number of hydrogen-bond acceptors (Lipinski definition) is 2. The molecule has 1 saturated carbocycles. The third-order valence-corrected chi connectivity index (χ3v) is 4.63. The standard InChI is InChI=1S/C16H23ClN2O/c1-12(10-18)15(20)19-11-16(7-2-3-8-16)13-5-4-6-14(17)9-13/h4-6,9,12H,2-3,7-8,10-11,18H2,1H3,(H,19,20). The lowest BCUT2D eigenvalue weighted by atomic mass is 9.78. The number of hydrogen-bond donors (Lipinski definition) is 2. The van der Waals surface area contributed by atoms with Crippen LogP contribution in [0.2, 0.25) is 5.02 Å². The number of benzene rings is 1. The second-order valence-corrected chi connectivity index (χ2v) is 6.29. The van der Waals surface area contributed by atoms with Gasteiger partial charge in [-0.3, -0.25) is 4.79 Å². The zero-order valence-electron chi connectivity index (χ0n) is 12.0. The normalized spacial score (nSPS) is 18.8. The summed E-state index contributed by atoms with van der Waals surface area (Å²) >= 11 is 6.12. The Kier molecular flexibility index (Phi) is 5.06. The number of nitrogens with two attached hydrogens (primary N) is 1. The van der Waals surface area contributed by atoms with Gasteiger partial charge in [0.15, 0.2) is 0 Å². The zero-order valence-corrected chi connectivity index (χ0v) is 12.7. The topological polar surface area (TPSA) is 55.1 Å². The molecule has 1 atom stereocenters. The largest absolute Gasteiger partial charge is 0.355 e. The summed E-state index contributed by atoms with van der Waals surface area (Å²) in [4.78, 5) is 12.0. The maximum atomic E-state index is 12.0. The van der Waals surface area contributed by atoms with Crippen molar-refractivity contribution >= 4 is 17.5 Å². The van der Waals surface area contributed by atoms with Crippen LogP contribution in [0.25, 0.3) is 0 Å². The van der Waals surface area contributed by atoms with E-state index in [0.717, 1.165) is 17.9 Å². The fraction of sp³-hybridized carbons (Fsp3) is 0.562. The van der Waals surface area contributed by atoms with Crippen LogP contribution in [0.1, 0.15) is 38.2 Å². The Morgan fingerprint density at radius 1 is 1.45 bits per heavy atom. The molecule has 1 fully saturated rings. The van der Waals surface area contributed by atoms with E-state index >= 15 is 0 Å². The summed E-state index contributed by atoms with van der Waals surface area (Å²) in [6.45, 7) is 2.92. The number of halogens is 1. The molecule has 3 N–H and O–H groups in total. The van der Waals surface area contributed by atoms with Gasteiger partial charge < -0.3 is 11.1 Å². The predicted octanol–water partition coefficient (Wildman–Crippen LogP) is 2.86. The van der Waals surface area contributed by atoms with Gasteiger partial charge in [0, 0.05) is 29.4 Å². The number of amides is 1. The molecule has 1 unspecified atom stereocenters.